The van der Waals surface area contributed by atoms with Crippen LogP contribution in [0.2, 0.25) is 0 Å². The van der Waals surface area contributed by atoms with Gasteiger partial charge in [0.1, 0.15) is 5.82 Å². The van der Waals surface area contributed by atoms with Crippen molar-refractivity contribution in [1.82, 2.24) is 15.3 Å². The van der Waals surface area contributed by atoms with E-state index in [0.29, 0.717) is 12.0 Å². The van der Waals surface area contributed by atoms with Crippen LogP contribution in [-0.2, 0) is 0 Å². The fourth-order valence-corrected chi connectivity index (χ4v) is 2.84. The zero-order valence-corrected chi connectivity index (χ0v) is 13.3. The summed E-state index contributed by atoms with van der Waals surface area (Å²) in [7, 11) is 0. The summed E-state index contributed by atoms with van der Waals surface area (Å²) in [5, 5.41) is 3.58. The van der Waals surface area contributed by atoms with E-state index in [1.165, 1.54) is 11.1 Å². The summed E-state index contributed by atoms with van der Waals surface area (Å²) in [4.78, 5) is 11.8. The molecule has 1 aliphatic heterocycles. The van der Waals surface area contributed by atoms with E-state index < -0.39 is 0 Å². The fourth-order valence-electron chi connectivity index (χ4n) is 2.84. The van der Waals surface area contributed by atoms with Gasteiger partial charge >= 0.3 is 0 Å². The van der Waals surface area contributed by atoms with Crippen molar-refractivity contribution in [2.24, 2.45) is 5.92 Å². The van der Waals surface area contributed by atoms with Crippen molar-refractivity contribution in [3.8, 4) is 0 Å². The molecule has 4 nitrogen and oxygen atoms in total. The Bertz CT molecular complexity index is 651. The van der Waals surface area contributed by atoms with Gasteiger partial charge in [-0.3, -0.25) is 4.98 Å². The third-order valence-corrected chi connectivity index (χ3v) is 4.48. The molecule has 1 aromatic carbocycles. The zero-order valence-electron chi connectivity index (χ0n) is 13.3. The van der Waals surface area contributed by atoms with Crippen molar-refractivity contribution in [1.29, 1.82) is 0 Å². The zero-order chi connectivity index (χ0) is 15.0. The molecule has 4 heteroatoms. The van der Waals surface area contributed by atoms with Crippen molar-refractivity contribution in [2.75, 3.05) is 24.5 Å². The maximum atomic E-state index is 4.83. The molecular formula is C17H24N4. The van der Waals surface area contributed by atoms with E-state index in [1.807, 2.05) is 6.20 Å². The highest BCUT2D eigenvalue weighted by Crippen LogP contribution is 2.21. The number of fused-ring (bicyclic) bond motifs is 1. The predicted octanol–water partition coefficient (Wildman–Crippen LogP) is 2.68. The molecule has 1 atom stereocenters. The second-order valence-electron chi connectivity index (χ2n) is 6.40. The number of hydrogen-bond acceptors (Lipinski definition) is 4. The number of piperazine rings is 1. The number of aromatic nitrogens is 2. The van der Waals surface area contributed by atoms with Crippen LogP contribution in [0.3, 0.4) is 0 Å². The molecule has 2 aromatic rings. The molecular weight excluding hydrogens is 260 g/mol. The standard InChI is InChI=1S/C17H24N4/c1-11(2)16-10-21(6-5-18-16)17-9-19-14-7-12(3)13(4)8-15(14)20-17/h7-9,11,16,18H,5-6,10H2,1-4H3/t16-/m0/s1. The number of nitrogens with zero attached hydrogens (tertiary/aromatic N) is 3. The fraction of sp³-hybridized carbons (Fsp3) is 0.529. The number of nitrogens with one attached hydrogen (secondary N) is 1. The minimum absolute atomic E-state index is 0.524. The smallest absolute Gasteiger partial charge is 0.147 e. The van der Waals surface area contributed by atoms with Gasteiger partial charge in [-0.15, -0.1) is 0 Å². The minimum Gasteiger partial charge on any atom is -0.352 e. The van der Waals surface area contributed by atoms with Gasteiger partial charge in [-0.1, -0.05) is 13.8 Å². The molecule has 0 aliphatic carbocycles. The Morgan fingerprint density at radius 2 is 1.90 bits per heavy atom. The Morgan fingerprint density at radius 1 is 1.19 bits per heavy atom. The van der Waals surface area contributed by atoms with Crippen molar-refractivity contribution in [3.05, 3.63) is 29.5 Å². The summed E-state index contributed by atoms with van der Waals surface area (Å²) in [5.74, 6) is 1.63. The maximum absolute atomic E-state index is 4.83. The Labute approximate surface area is 126 Å². The van der Waals surface area contributed by atoms with Crippen LogP contribution in [0.5, 0.6) is 0 Å². The van der Waals surface area contributed by atoms with Crippen LogP contribution in [0.1, 0.15) is 25.0 Å². The largest absolute Gasteiger partial charge is 0.352 e. The molecule has 1 saturated heterocycles. The van der Waals surface area contributed by atoms with Crippen LogP contribution >= 0.6 is 0 Å². The summed E-state index contributed by atoms with van der Waals surface area (Å²) < 4.78 is 0. The first-order valence-corrected chi connectivity index (χ1v) is 7.77. The van der Waals surface area contributed by atoms with Crippen molar-refractivity contribution >= 4 is 16.9 Å². The monoisotopic (exact) mass is 284 g/mol. The number of aryl methyl sites for hydroxylation is 2. The maximum Gasteiger partial charge on any atom is 0.147 e. The van der Waals surface area contributed by atoms with Crippen molar-refractivity contribution in [2.45, 2.75) is 33.7 Å². The Balaban J connectivity index is 1.91. The number of hydrogen-bond donors (Lipinski definition) is 1. The van der Waals surface area contributed by atoms with E-state index >= 15 is 0 Å². The Hall–Kier alpha value is -1.68. The summed E-state index contributed by atoms with van der Waals surface area (Å²) in [5.41, 5.74) is 4.52. The van der Waals surface area contributed by atoms with Gasteiger partial charge in [0.2, 0.25) is 0 Å². The SMILES string of the molecule is Cc1cc2ncc(N3CCN[C@H](C(C)C)C3)nc2cc1C. The van der Waals surface area contributed by atoms with E-state index in [1.54, 1.807) is 0 Å². The molecule has 0 saturated carbocycles. The van der Waals surface area contributed by atoms with E-state index in [9.17, 15) is 0 Å². The molecule has 1 fully saturated rings. The third kappa shape index (κ3) is 2.86. The van der Waals surface area contributed by atoms with Gasteiger partial charge in [0, 0.05) is 25.7 Å². The minimum atomic E-state index is 0.524. The van der Waals surface area contributed by atoms with Crippen LogP contribution in [0.15, 0.2) is 18.3 Å². The lowest BCUT2D eigenvalue weighted by atomic mass is 10.0. The lowest BCUT2D eigenvalue weighted by Gasteiger charge is -2.36. The molecule has 1 aliphatic rings. The molecule has 0 amide bonds. The van der Waals surface area contributed by atoms with Gasteiger partial charge in [-0.25, -0.2) is 4.98 Å². The molecule has 0 radical (unpaired) electrons. The molecule has 0 unspecified atom stereocenters. The number of benzene rings is 1. The van der Waals surface area contributed by atoms with Crippen molar-refractivity contribution < 1.29 is 0 Å². The van der Waals surface area contributed by atoms with E-state index in [0.717, 1.165) is 36.5 Å². The van der Waals surface area contributed by atoms with E-state index in [2.05, 4.69) is 55.0 Å². The Morgan fingerprint density at radius 3 is 2.62 bits per heavy atom. The van der Waals surface area contributed by atoms with Gasteiger partial charge in [0.25, 0.3) is 0 Å². The normalized spacial score (nSPS) is 19.5. The molecule has 1 N–H and O–H groups in total. The van der Waals surface area contributed by atoms with Crippen LogP contribution in [-0.4, -0.2) is 35.6 Å². The van der Waals surface area contributed by atoms with Crippen LogP contribution < -0.4 is 10.2 Å². The molecule has 0 spiro atoms. The van der Waals surface area contributed by atoms with Crippen molar-refractivity contribution in [3.63, 3.8) is 0 Å². The summed E-state index contributed by atoms with van der Waals surface area (Å²) in [6, 6.07) is 4.79. The highest BCUT2D eigenvalue weighted by molar-refractivity contribution is 5.77. The second-order valence-corrected chi connectivity index (χ2v) is 6.40. The highest BCUT2D eigenvalue weighted by Gasteiger charge is 2.22. The third-order valence-electron chi connectivity index (χ3n) is 4.48. The summed E-state index contributed by atoms with van der Waals surface area (Å²) in [6.07, 6.45) is 1.92. The Kier molecular flexibility index (Phi) is 3.81. The van der Waals surface area contributed by atoms with Crippen LogP contribution in [0.4, 0.5) is 5.82 Å². The molecule has 0 bridgehead atoms. The average molecular weight is 284 g/mol. The lowest BCUT2D eigenvalue weighted by Crippen LogP contribution is -2.53. The number of anilines is 1. The first-order valence-electron chi connectivity index (χ1n) is 7.77. The van der Waals surface area contributed by atoms with Crippen LogP contribution in [0.25, 0.3) is 11.0 Å². The van der Waals surface area contributed by atoms with Gasteiger partial charge in [0.15, 0.2) is 0 Å². The van der Waals surface area contributed by atoms with Gasteiger partial charge in [0.05, 0.1) is 17.2 Å². The van der Waals surface area contributed by atoms with Gasteiger partial charge in [-0.2, -0.15) is 0 Å². The molecule has 112 valence electrons. The van der Waals surface area contributed by atoms with Crippen LogP contribution in [0, 0.1) is 19.8 Å². The molecule has 1 aromatic heterocycles. The lowest BCUT2D eigenvalue weighted by molar-refractivity contribution is 0.367. The second kappa shape index (κ2) is 5.60. The average Bonchev–Trinajstić information content (AvgIpc) is 2.48. The topological polar surface area (TPSA) is 41.1 Å². The first-order chi connectivity index (χ1) is 10.0. The predicted molar refractivity (Wildman–Crippen MR) is 87.9 cm³/mol. The molecule has 2 heterocycles. The molecule has 21 heavy (non-hydrogen) atoms. The number of rotatable bonds is 2. The summed E-state index contributed by atoms with van der Waals surface area (Å²) in [6.45, 7) is 11.8. The quantitative estimate of drug-likeness (QED) is 0.920. The van der Waals surface area contributed by atoms with Gasteiger partial charge < -0.3 is 10.2 Å². The van der Waals surface area contributed by atoms with E-state index in [-0.39, 0.29) is 0 Å². The molecule has 3 rings (SSSR count). The first kappa shape index (κ1) is 14.3. The van der Waals surface area contributed by atoms with E-state index in [4.69, 9.17) is 4.98 Å². The van der Waals surface area contributed by atoms with Gasteiger partial charge in [-0.05, 0) is 43.0 Å². The highest BCUT2D eigenvalue weighted by atomic mass is 15.2. The summed E-state index contributed by atoms with van der Waals surface area (Å²) >= 11 is 0.